The lowest BCUT2D eigenvalue weighted by Crippen LogP contribution is -2.53. The van der Waals surface area contributed by atoms with E-state index in [0.717, 1.165) is 5.56 Å². The van der Waals surface area contributed by atoms with E-state index in [1.807, 2.05) is 42.2 Å². The summed E-state index contributed by atoms with van der Waals surface area (Å²) < 4.78 is 29.3. The summed E-state index contributed by atoms with van der Waals surface area (Å²) in [6, 6.07) is 18.1. The van der Waals surface area contributed by atoms with E-state index in [0.29, 0.717) is 43.5 Å². The molecule has 9 heteroatoms. The van der Waals surface area contributed by atoms with Crippen LogP contribution >= 0.6 is 0 Å². The first-order chi connectivity index (χ1) is 17.0. The van der Waals surface area contributed by atoms with Crippen molar-refractivity contribution < 1.29 is 13.9 Å². The Morgan fingerprint density at radius 1 is 1.06 bits per heavy atom. The Balaban J connectivity index is 1.31. The van der Waals surface area contributed by atoms with Gasteiger partial charge in [0, 0.05) is 32.0 Å². The molecule has 0 amide bonds. The van der Waals surface area contributed by atoms with Crippen LogP contribution in [0.3, 0.4) is 0 Å². The van der Waals surface area contributed by atoms with Crippen LogP contribution in [-0.2, 0) is 11.3 Å². The molecule has 2 aromatic carbocycles. The Hall–Kier alpha value is -3.98. The van der Waals surface area contributed by atoms with Crippen LogP contribution in [0, 0.1) is 12.7 Å². The fourth-order valence-electron chi connectivity index (χ4n) is 4.06. The fraction of sp³-hybridized carbons (Fsp3) is 0.269. The predicted octanol–water partition coefficient (Wildman–Crippen LogP) is 3.94. The molecule has 0 aliphatic carbocycles. The molecule has 1 aliphatic rings. The molecule has 0 spiro atoms. The van der Waals surface area contributed by atoms with Gasteiger partial charge in [-0.05, 0) is 43.7 Å². The average Bonchev–Trinajstić information content (AvgIpc) is 3.12. The summed E-state index contributed by atoms with van der Waals surface area (Å²) in [4.78, 5) is 19.0. The molecule has 35 heavy (non-hydrogen) atoms. The molecule has 0 bridgehead atoms. The maximum Gasteiger partial charge on any atom is 0.351 e. The summed E-state index contributed by atoms with van der Waals surface area (Å²) in [6.07, 6.45) is 1.62. The van der Waals surface area contributed by atoms with E-state index in [2.05, 4.69) is 10.1 Å². The number of pyridine rings is 1. The molecule has 0 N–H and O–H groups in total. The Morgan fingerprint density at radius 3 is 2.51 bits per heavy atom. The van der Waals surface area contributed by atoms with Gasteiger partial charge < -0.3 is 14.4 Å². The number of hydrogen-bond donors (Lipinski definition) is 0. The third kappa shape index (κ3) is 4.67. The van der Waals surface area contributed by atoms with Crippen molar-refractivity contribution in [3.05, 3.63) is 94.5 Å². The largest absolute Gasteiger partial charge is 0.454 e. The number of nitrogens with zero attached hydrogens (tertiary/aromatic N) is 5. The van der Waals surface area contributed by atoms with Crippen molar-refractivity contribution in [2.45, 2.75) is 26.5 Å². The predicted molar refractivity (Wildman–Crippen MR) is 130 cm³/mol. The molecule has 0 unspecified atom stereocenters. The number of halogens is 1. The summed E-state index contributed by atoms with van der Waals surface area (Å²) in [5, 5.41) is 4.41. The molecule has 0 radical (unpaired) electrons. The van der Waals surface area contributed by atoms with Crippen LogP contribution in [0.5, 0.6) is 11.5 Å². The Kier molecular flexibility index (Phi) is 6.33. The summed E-state index contributed by atoms with van der Waals surface area (Å²) >= 11 is 0. The maximum absolute atomic E-state index is 15.0. The summed E-state index contributed by atoms with van der Waals surface area (Å²) in [5.74, 6) is 0.874. The third-order valence-corrected chi connectivity index (χ3v) is 5.93. The van der Waals surface area contributed by atoms with Crippen molar-refractivity contribution in [3.8, 4) is 17.2 Å². The number of benzene rings is 2. The van der Waals surface area contributed by atoms with Gasteiger partial charge in [-0.15, -0.1) is 0 Å². The van der Waals surface area contributed by atoms with Gasteiger partial charge >= 0.3 is 5.69 Å². The third-order valence-electron chi connectivity index (χ3n) is 5.93. The van der Waals surface area contributed by atoms with E-state index < -0.39 is 5.82 Å². The van der Waals surface area contributed by atoms with E-state index >= 15 is 4.39 Å². The monoisotopic (exact) mass is 475 g/mol. The van der Waals surface area contributed by atoms with Crippen LogP contribution in [-0.4, -0.2) is 45.1 Å². The molecule has 8 nitrogen and oxygen atoms in total. The zero-order valence-corrected chi connectivity index (χ0v) is 19.6. The average molecular weight is 476 g/mol. The Morgan fingerprint density at radius 2 is 1.80 bits per heavy atom. The molecule has 4 aromatic rings. The Bertz CT molecular complexity index is 1360. The highest BCUT2D eigenvalue weighted by Gasteiger charge is 2.31. The summed E-state index contributed by atoms with van der Waals surface area (Å²) in [5.41, 5.74) is 1.38. The molecule has 0 atom stereocenters. The highest BCUT2D eigenvalue weighted by Crippen LogP contribution is 2.32. The zero-order chi connectivity index (χ0) is 24.4. The standard InChI is InChI=1S/C26H26FN5O3/c1-3-34-22-16-30(17-22)25-24(27)23(13-14-28-25)35-21-11-9-20(10-12-21)32-26(33)31(18(2)29-32)15-19-7-5-4-6-8-19/h4-14,22H,3,15-17H2,1-2H3. The second kappa shape index (κ2) is 9.71. The van der Waals surface area contributed by atoms with Gasteiger partial charge in [0.05, 0.1) is 18.3 Å². The minimum Gasteiger partial charge on any atom is -0.454 e. The molecular weight excluding hydrogens is 449 g/mol. The quantitative estimate of drug-likeness (QED) is 0.384. The SMILES string of the molecule is CCOC1CN(c2nccc(Oc3ccc(-n4nc(C)n(Cc5ccccc5)c4=O)cc3)c2F)C1. The number of ether oxygens (including phenoxy) is 2. The second-order valence-electron chi connectivity index (χ2n) is 8.34. The number of aryl methyl sites for hydroxylation is 1. The summed E-state index contributed by atoms with van der Waals surface area (Å²) in [7, 11) is 0. The lowest BCUT2D eigenvalue weighted by molar-refractivity contribution is 0.0423. The first-order valence-corrected chi connectivity index (χ1v) is 11.5. The van der Waals surface area contributed by atoms with Gasteiger partial charge in [0.15, 0.2) is 11.6 Å². The van der Waals surface area contributed by atoms with Crippen molar-refractivity contribution in [2.75, 3.05) is 24.6 Å². The summed E-state index contributed by atoms with van der Waals surface area (Å²) in [6.45, 7) is 6.01. The maximum atomic E-state index is 15.0. The van der Waals surface area contributed by atoms with E-state index in [1.54, 1.807) is 35.8 Å². The lowest BCUT2D eigenvalue weighted by Gasteiger charge is -2.39. The van der Waals surface area contributed by atoms with Crippen LogP contribution in [0.4, 0.5) is 10.2 Å². The molecule has 180 valence electrons. The van der Waals surface area contributed by atoms with Crippen LogP contribution in [0.1, 0.15) is 18.3 Å². The number of hydrogen-bond acceptors (Lipinski definition) is 6. The molecular formula is C26H26FN5O3. The Labute approximate surface area is 202 Å². The van der Waals surface area contributed by atoms with Crippen LogP contribution in [0.15, 0.2) is 71.7 Å². The second-order valence-corrected chi connectivity index (χ2v) is 8.34. The van der Waals surface area contributed by atoms with Crippen molar-refractivity contribution in [2.24, 2.45) is 0 Å². The number of rotatable bonds is 8. The highest BCUT2D eigenvalue weighted by atomic mass is 19.1. The molecule has 1 saturated heterocycles. The number of aromatic nitrogens is 4. The van der Waals surface area contributed by atoms with Crippen molar-refractivity contribution in [1.82, 2.24) is 19.3 Å². The van der Waals surface area contributed by atoms with Crippen LogP contribution in [0.25, 0.3) is 5.69 Å². The first-order valence-electron chi connectivity index (χ1n) is 11.5. The molecule has 1 fully saturated rings. The molecule has 1 aliphatic heterocycles. The van der Waals surface area contributed by atoms with Gasteiger partial charge in [0.1, 0.15) is 11.6 Å². The van der Waals surface area contributed by atoms with E-state index in [-0.39, 0.29) is 23.4 Å². The fourth-order valence-corrected chi connectivity index (χ4v) is 4.06. The van der Waals surface area contributed by atoms with Gasteiger partial charge in [-0.3, -0.25) is 4.57 Å². The van der Waals surface area contributed by atoms with Gasteiger partial charge in [0.2, 0.25) is 5.82 Å². The topological polar surface area (TPSA) is 74.4 Å². The molecule has 5 rings (SSSR count). The van der Waals surface area contributed by atoms with Crippen molar-refractivity contribution in [1.29, 1.82) is 0 Å². The van der Waals surface area contributed by atoms with Gasteiger partial charge in [-0.1, -0.05) is 30.3 Å². The van der Waals surface area contributed by atoms with Crippen molar-refractivity contribution >= 4 is 5.82 Å². The zero-order valence-electron chi connectivity index (χ0n) is 19.6. The van der Waals surface area contributed by atoms with E-state index in [4.69, 9.17) is 9.47 Å². The highest BCUT2D eigenvalue weighted by molar-refractivity contribution is 5.49. The minimum atomic E-state index is -0.516. The molecule has 0 saturated carbocycles. The minimum absolute atomic E-state index is 0.0859. The lowest BCUT2D eigenvalue weighted by atomic mass is 10.1. The van der Waals surface area contributed by atoms with Crippen molar-refractivity contribution in [3.63, 3.8) is 0 Å². The molecule has 2 aromatic heterocycles. The van der Waals surface area contributed by atoms with Crippen LogP contribution < -0.4 is 15.3 Å². The normalized spacial score (nSPS) is 13.6. The van der Waals surface area contributed by atoms with E-state index in [9.17, 15) is 4.79 Å². The van der Waals surface area contributed by atoms with Crippen LogP contribution in [0.2, 0.25) is 0 Å². The van der Waals surface area contributed by atoms with E-state index in [1.165, 1.54) is 16.9 Å². The van der Waals surface area contributed by atoms with Gasteiger partial charge in [-0.25, -0.2) is 9.78 Å². The number of anilines is 1. The first kappa shape index (κ1) is 22.8. The van der Waals surface area contributed by atoms with Gasteiger partial charge in [0.25, 0.3) is 0 Å². The smallest absolute Gasteiger partial charge is 0.351 e. The van der Waals surface area contributed by atoms with Gasteiger partial charge in [-0.2, -0.15) is 14.2 Å². The molecule has 3 heterocycles.